The maximum absolute atomic E-state index is 6.08. The van der Waals surface area contributed by atoms with Gasteiger partial charge in [-0.3, -0.25) is 0 Å². The summed E-state index contributed by atoms with van der Waals surface area (Å²) in [5.41, 5.74) is 3.55. The van der Waals surface area contributed by atoms with E-state index >= 15 is 0 Å². The first-order chi connectivity index (χ1) is 11.2. The van der Waals surface area contributed by atoms with E-state index in [1.54, 1.807) is 7.11 Å². The predicted molar refractivity (Wildman–Crippen MR) is 95.1 cm³/mol. The van der Waals surface area contributed by atoms with Gasteiger partial charge in [0, 0.05) is 12.1 Å². The minimum atomic E-state index is 0.544. The first kappa shape index (κ1) is 17.4. The number of aryl methyl sites for hydroxylation is 1. The van der Waals surface area contributed by atoms with Gasteiger partial charge in [-0.25, -0.2) is 0 Å². The molecule has 23 heavy (non-hydrogen) atoms. The zero-order valence-electron chi connectivity index (χ0n) is 14.4. The summed E-state index contributed by atoms with van der Waals surface area (Å²) < 4.78 is 11.5. The fourth-order valence-electron chi connectivity index (χ4n) is 2.39. The van der Waals surface area contributed by atoms with Crippen molar-refractivity contribution in [2.24, 2.45) is 0 Å². The molecule has 0 amide bonds. The number of methoxy groups -OCH3 is 1. The number of rotatable bonds is 9. The molecule has 0 spiro atoms. The monoisotopic (exact) mass is 313 g/mol. The Labute approximate surface area is 139 Å². The molecule has 0 aliphatic carbocycles. The quantitative estimate of drug-likeness (QED) is 0.693. The molecule has 0 fully saturated rings. The SMILES string of the molecule is CCCCNCc1cccc(OC)c1OCc1ccc(C)cc1. The van der Waals surface area contributed by atoms with Crippen molar-refractivity contribution in [1.82, 2.24) is 5.32 Å². The summed E-state index contributed by atoms with van der Waals surface area (Å²) in [5, 5.41) is 3.46. The summed E-state index contributed by atoms with van der Waals surface area (Å²) >= 11 is 0. The lowest BCUT2D eigenvalue weighted by Crippen LogP contribution is -2.15. The molecule has 0 heterocycles. The van der Waals surface area contributed by atoms with Crippen molar-refractivity contribution in [1.29, 1.82) is 0 Å². The highest BCUT2D eigenvalue weighted by molar-refractivity contribution is 5.46. The Morgan fingerprint density at radius 3 is 2.52 bits per heavy atom. The molecular weight excluding hydrogens is 286 g/mol. The van der Waals surface area contributed by atoms with E-state index in [1.165, 1.54) is 18.4 Å². The molecule has 0 unspecified atom stereocenters. The van der Waals surface area contributed by atoms with Crippen LogP contribution in [0.25, 0.3) is 0 Å². The van der Waals surface area contributed by atoms with Gasteiger partial charge >= 0.3 is 0 Å². The molecule has 2 rings (SSSR count). The third-order valence-electron chi connectivity index (χ3n) is 3.81. The van der Waals surface area contributed by atoms with Gasteiger partial charge in [-0.05, 0) is 31.5 Å². The molecule has 3 nitrogen and oxygen atoms in total. The second-order valence-corrected chi connectivity index (χ2v) is 5.75. The van der Waals surface area contributed by atoms with Crippen molar-refractivity contribution in [3.05, 3.63) is 59.2 Å². The van der Waals surface area contributed by atoms with Gasteiger partial charge in [0.25, 0.3) is 0 Å². The Kier molecular flexibility index (Phi) is 6.95. The van der Waals surface area contributed by atoms with Crippen LogP contribution in [0.15, 0.2) is 42.5 Å². The van der Waals surface area contributed by atoms with Crippen molar-refractivity contribution in [2.75, 3.05) is 13.7 Å². The molecule has 0 radical (unpaired) electrons. The molecule has 0 saturated carbocycles. The summed E-state index contributed by atoms with van der Waals surface area (Å²) in [6.07, 6.45) is 2.38. The van der Waals surface area contributed by atoms with Crippen LogP contribution in [0.2, 0.25) is 0 Å². The van der Waals surface area contributed by atoms with Crippen molar-refractivity contribution < 1.29 is 9.47 Å². The van der Waals surface area contributed by atoms with Crippen molar-refractivity contribution in [3.8, 4) is 11.5 Å². The Bertz CT molecular complexity index is 593. The van der Waals surface area contributed by atoms with E-state index < -0.39 is 0 Å². The second-order valence-electron chi connectivity index (χ2n) is 5.75. The van der Waals surface area contributed by atoms with Crippen LogP contribution in [0.1, 0.15) is 36.5 Å². The Hall–Kier alpha value is -2.00. The molecule has 124 valence electrons. The minimum absolute atomic E-state index is 0.544. The lowest BCUT2D eigenvalue weighted by atomic mass is 10.1. The van der Waals surface area contributed by atoms with Gasteiger partial charge in [0.15, 0.2) is 11.5 Å². The second kappa shape index (κ2) is 9.21. The number of nitrogens with one attached hydrogen (secondary N) is 1. The number of benzene rings is 2. The number of ether oxygens (including phenoxy) is 2. The zero-order valence-corrected chi connectivity index (χ0v) is 14.4. The Balaban J connectivity index is 2.06. The lowest BCUT2D eigenvalue weighted by Gasteiger charge is -2.16. The van der Waals surface area contributed by atoms with Gasteiger partial charge in [-0.1, -0.05) is 55.3 Å². The van der Waals surface area contributed by atoms with Crippen LogP contribution in [0, 0.1) is 6.92 Å². The molecule has 0 bridgehead atoms. The molecule has 0 aromatic heterocycles. The highest BCUT2D eigenvalue weighted by Crippen LogP contribution is 2.31. The van der Waals surface area contributed by atoms with E-state index in [4.69, 9.17) is 9.47 Å². The largest absolute Gasteiger partial charge is 0.493 e. The Morgan fingerprint density at radius 1 is 1.04 bits per heavy atom. The smallest absolute Gasteiger partial charge is 0.166 e. The standard InChI is InChI=1S/C20H27NO2/c1-4-5-13-21-14-18-7-6-8-19(22-3)20(18)23-15-17-11-9-16(2)10-12-17/h6-12,21H,4-5,13-15H2,1-3H3. The van der Waals surface area contributed by atoms with Crippen LogP contribution in [-0.4, -0.2) is 13.7 Å². The van der Waals surface area contributed by atoms with Crippen LogP contribution in [-0.2, 0) is 13.2 Å². The van der Waals surface area contributed by atoms with E-state index in [0.29, 0.717) is 6.61 Å². The summed E-state index contributed by atoms with van der Waals surface area (Å²) in [5.74, 6) is 1.62. The first-order valence-electron chi connectivity index (χ1n) is 8.29. The molecule has 0 atom stereocenters. The summed E-state index contributed by atoms with van der Waals surface area (Å²) in [6.45, 7) is 6.64. The summed E-state index contributed by atoms with van der Waals surface area (Å²) in [6, 6.07) is 14.5. The molecule has 3 heteroatoms. The molecule has 1 N–H and O–H groups in total. The number of hydrogen-bond donors (Lipinski definition) is 1. The van der Waals surface area contributed by atoms with Crippen molar-refractivity contribution in [2.45, 2.75) is 39.8 Å². The number of hydrogen-bond acceptors (Lipinski definition) is 3. The number of para-hydroxylation sites is 1. The average molecular weight is 313 g/mol. The Morgan fingerprint density at radius 2 is 1.83 bits per heavy atom. The first-order valence-corrected chi connectivity index (χ1v) is 8.29. The molecule has 2 aromatic rings. The highest BCUT2D eigenvalue weighted by Gasteiger charge is 2.10. The molecule has 0 aliphatic heterocycles. The molecular formula is C20H27NO2. The summed E-state index contributed by atoms with van der Waals surface area (Å²) in [7, 11) is 1.68. The van der Waals surface area contributed by atoms with Gasteiger partial charge in [-0.2, -0.15) is 0 Å². The third-order valence-corrected chi connectivity index (χ3v) is 3.81. The fourth-order valence-corrected chi connectivity index (χ4v) is 2.39. The average Bonchev–Trinajstić information content (AvgIpc) is 2.58. The van der Waals surface area contributed by atoms with E-state index in [-0.39, 0.29) is 0 Å². The maximum atomic E-state index is 6.08. The number of unbranched alkanes of at least 4 members (excludes halogenated alkanes) is 1. The van der Waals surface area contributed by atoms with Crippen molar-refractivity contribution >= 4 is 0 Å². The highest BCUT2D eigenvalue weighted by atomic mass is 16.5. The predicted octanol–water partition coefficient (Wildman–Crippen LogP) is 4.47. The zero-order chi connectivity index (χ0) is 16.5. The van der Waals surface area contributed by atoms with Gasteiger partial charge in [0.1, 0.15) is 6.61 Å². The fraction of sp³-hybridized carbons (Fsp3) is 0.400. The molecule has 0 aliphatic rings. The van der Waals surface area contributed by atoms with Crippen LogP contribution >= 0.6 is 0 Å². The van der Waals surface area contributed by atoms with Crippen LogP contribution in [0.3, 0.4) is 0 Å². The van der Waals surface area contributed by atoms with E-state index in [0.717, 1.165) is 35.7 Å². The van der Waals surface area contributed by atoms with Crippen LogP contribution in [0.4, 0.5) is 0 Å². The topological polar surface area (TPSA) is 30.5 Å². The van der Waals surface area contributed by atoms with Gasteiger partial charge in [0.05, 0.1) is 7.11 Å². The van der Waals surface area contributed by atoms with E-state index in [2.05, 4.69) is 49.5 Å². The van der Waals surface area contributed by atoms with Crippen LogP contribution in [0.5, 0.6) is 11.5 Å². The van der Waals surface area contributed by atoms with Gasteiger partial charge < -0.3 is 14.8 Å². The van der Waals surface area contributed by atoms with Gasteiger partial charge in [0.2, 0.25) is 0 Å². The lowest BCUT2D eigenvalue weighted by molar-refractivity contribution is 0.280. The summed E-state index contributed by atoms with van der Waals surface area (Å²) in [4.78, 5) is 0. The van der Waals surface area contributed by atoms with E-state index in [9.17, 15) is 0 Å². The maximum Gasteiger partial charge on any atom is 0.166 e. The molecule has 2 aromatic carbocycles. The minimum Gasteiger partial charge on any atom is -0.493 e. The normalized spacial score (nSPS) is 10.6. The van der Waals surface area contributed by atoms with Crippen molar-refractivity contribution in [3.63, 3.8) is 0 Å². The van der Waals surface area contributed by atoms with Crippen LogP contribution < -0.4 is 14.8 Å². The van der Waals surface area contributed by atoms with Gasteiger partial charge in [-0.15, -0.1) is 0 Å². The third kappa shape index (κ3) is 5.29. The van der Waals surface area contributed by atoms with E-state index in [1.807, 2.05) is 12.1 Å². The molecule has 0 saturated heterocycles.